The third-order valence-corrected chi connectivity index (χ3v) is 2.20. The van der Waals surface area contributed by atoms with E-state index in [0.29, 0.717) is 13.0 Å². The lowest BCUT2D eigenvalue weighted by molar-refractivity contribution is -0.121. The van der Waals surface area contributed by atoms with Crippen molar-refractivity contribution in [2.75, 3.05) is 6.54 Å². The minimum atomic E-state index is -0.328. The van der Waals surface area contributed by atoms with Gasteiger partial charge in [0, 0.05) is 12.1 Å². The molecule has 0 aliphatic rings. The molecule has 15 heavy (non-hydrogen) atoms. The van der Waals surface area contributed by atoms with E-state index in [2.05, 4.69) is 5.32 Å². The maximum atomic E-state index is 11.6. The third-order valence-electron chi connectivity index (χ3n) is 2.20. The molecule has 0 bridgehead atoms. The molecule has 0 spiro atoms. The van der Waals surface area contributed by atoms with Crippen LogP contribution in [0.15, 0.2) is 30.3 Å². The van der Waals surface area contributed by atoms with Gasteiger partial charge in [0.1, 0.15) is 0 Å². The highest BCUT2D eigenvalue weighted by Crippen LogP contribution is 2.02. The summed E-state index contributed by atoms with van der Waals surface area (Å²) in [6, 6.07) is 9.67. The summed E-state index contributed by atoms with van der Waals surface area (Å²) in [5.41, 5.74) is 6.22. The molecule has 0 aliphatic carbocycles. The predicted octanol–water partition coefficient (Wildman–Crippen LogP) is 1.08. The van der Waals surface area contributed by atoms with Gasteiger partial charge in [-0.3, -0.25) is 4.79 Å². The quantitative estimate of drug-likeness (QED) is 0.774. The maximum absolute atomic E-state index is 11.6. The van der Waals surface area contributed by atoms with Gasteiger partial charge in [0.2, 0.25) is 5.91 Å². The van der Waals surface area contributed by atoms with Gasteiger partial charge in [-0.05, 0) is 19.4 Å². The molecule has 1 aromatic carbocycles. The van der Waals surface area contributed by atoms with E-state index in [4.69, 9.17) is 5.73 Å². The number of carbonyl (C=O) groups excluding carboxylic acids is 1. The Morgan fingerprint density at radius 3 is 2.47 bits per heavy atom. The van der Waals surface area contributed by atoms with Crippen molar-refractivity contribution in [3.05, 3.63) is 35.9 Å². The summed E-state index contributed by atoms with van der Waals surface area (Å²) in [7, 11) is 0. The number of carbonyl (C=O) groups is 1. The fourth-order valence-corrected chi connectivity index (χ4v) is 1.25. The second-order valence-corrected chi connectivity index (χ2v) is 4.30. The average molecular weight is 206 g/mol. The average Bonchev–Trinajstić information content (AvgIpc) is 2.18. The Kier molecular flexibility index (Phi) is 3.86. The second-order valence-electron chi connectivity index (χ2n) is 4.30. The van der Waals surface area contributed by atoms with E-state index in [-0.39, 0.29) is 11.4 Å². The molecule has 0 heterocycles. The number of hydrogen-bond acceptors (Lipinski definition) is 2. The molecule has 82 valence electrons. The lowest BCUT2D eigenvalue weighted by atomic mass is 10.1. The van der Waals surface area contributed by atoms with Crippen LogP contribution in [0.3, 0.4) is 0 Å². The van der Waals surface area contributed by atoms with Gasteiger partial charge < -0.3 is 11.1 Å². The van der Waals surface area contributed by atoms with Gasteiger partial charge in [0.25, 0.3) is 0 Å². The topological polar surface area (TPSA) is 55.1 Å². The van der Waals surface area contributed by atoms with Gasteiger partial charge in [-0.2, -0.15) is 0 Å². The molecule has 0 fully saturated rings. The Hall–Kier alpha value is -1.35. The van der Waals surface area contributed by atoms with Gasteiger partial charge in [0.05, 0.1) is 6.42 Å². The van der Waals surface area contributed by atoms with Crippen molar-refractivity contribution in [2.24, 2.45) is 5.73 Å². The molecular weight excluding hydrogens is 188 g/mol. The second kappa shape index (κ2) is 4.94. The minimum absolute atomic E-state index is 0.0108. The van der Waals surface area contributed by atoms with Crippen LogP contribution in [0.2, 0.25) is 0 Å². The summed E-state index contributed by atoms with van der Waals surface area (Å²) < 4.78 is 0. The number of amides is 1. The van der Waals surface area contributed by atoms with E-state index < -0.39 is 0 Å². The van der Waals surface area contributed by atoms with E-state index in [9.17, 15) is 4.79 Å². The Bertz CT molecular complexity index is 320. The Morgan fingerprint density at radius 2 is 1.93 bits per heavy atom. The normalized spacial score (nSPS) is 11.1. The molecule has 0 saturated carbocycles. The van der Waals surface area contributed by atoms with Crippen LogP contribution >= 0.6 is 0 Å². The van der Waals surface area contributed by atoms with Crippen molar-refractivity contribution in [1.82, 2.24) is 5.32 Å². The number of nitrogens with one attached hydrogen (secondary N) is 1. The summed E-state index contributed by atoms with van der Waals surface area (Å²) in [6.07, 6.45) is 0.407. The van der Waals surface area contributed by atoms with Crippen LogP contribution in [0.4, 0.5) is 0 Å². The molecule has 0 aliphatic heterocycles. The first-order valence-corrected chi connectivity index (χ1v) is 5.08. The molecule has 1 amide bonds. The fourth-order valence-electron chi connectivity index (χ4n) is 1.25. The number of rotatable bonds is 4. The summed E-state index contributed by atoms with van der Waals surface area (Å²) in [5, 5.41) is 2.89. The van der Waals surface area contributed by atoms with E-state index >= 15 is 0 Å². The zero-order valence-corrected chi connectivity index (χ0v) is 9.29. The first kappa shape index (κ1) is 11.7. The number of nitrogens with two attached hydrogens (primary N) is 1. The predicted molar refractivity (Wildman–Crippen MR) is 61.4 cm³/mol. The van der Waals surface area contributed by atoms with Crippen LogP contribution in [0.25, 0.3) is 0 Å². The molecule has 0 atom stereocenters. The van der Waals surface area contributed by atoms with Crippen molar-refractivity contribution in [3.63, 3.8) is 0 Å². The zero-order valence-electron chi connectivity index (χ0n) is 9.29. The lowest BCUT2D eigenvalue weighted by Gasteiger charge is -2.24. The van der Waals surface area contributed by atoms with Crippen molar-refractivity contribution >= 4 is 5.91 Å². The Labute approximate surface area is 90.7 Å². The largest absolute Gasteiger partial charge is 0.350 e. The van der Waals surface area contributed by atoms with Crippen LogP contribution in [-0.2, 0) is 11.2 Å². The highest BCUT2D eigenvalue weighted by atomic mass is 16.1. The monoisotopic (exact) mass is 206 g/mol. The molecule has 0 radical (unpaired) electrons. The van der Waals surface area contributed by atoms with E-state index in [0.717, 1.165) is 5.56 Å². The van der Waals surface area contributed by atoms with Crippen molar-refractivity contribution in [3.8, 4) is 0 Å². The molecule has 3 heteroatoms. The van der Waals surface area contributed by atoms with Gasteiger partial charge >= 0.3 is 0 Å². The first-order chi connectivity index (χ1) is 7.03. The first-order valence-electron chi connectivity index (χ1n) is 5.08. The SMILES string of the molecule is CC(C)(CN)NC(=O)Cc1ccccc1. The van der Waals surface area contributed by atoms with Gasteiger partial charge in [-0.25, -0.2) is 0 Å². The summed E-state index contributed by atoms with van der Waals surface area (Å²) >= 11 is 0. The highest BCUT2D eigenvalue weighted by molar-refractivity contribution is 5.79. The summed E-state index contributed by atoms with van der Waals surface area (Å²) in [6.45, 7) is 4.26. The summed E-state index contributed by atoms with van der Waals surface area (Å²) in [4.78, 5) is 11.6. The third kappa shape index (κ3) is 4.13. The van der Waals surface area contributed by atoms with E-state index in [1.807, 2.05) is 44.2 Å². The zero-order chi connectivity index (χ0) is 11.3. The molecule has 3 N–H and O–H groups in total. The molecule has 0 saturated heterocycles. The standard InChI is InChI=1S/C12H18N2O/c1-12(2,9-13)14-11(15)8-10-6-4-3-5-7-10/h3-7H,8-9,13H2,1-2H3,(H,14,15). The van der Waals surface area contributed by atoms with E-state index in [1.54, 1.807) is 0 Å². The van der Waals surface area contributed by atoms with Crippen molar-refractivity contribution < 1.29 is 4.79 Å². The van der Waals surface area contributed by atoms with Gasteiger partial charge in [0.15, 0.2) is 0 Å². The smallest absolute Gasteiger partial charge is 0.224 e. The molecule has 0 aromatic heterocycles. The number of hydrogen-bond donors (Lipinski definition) is 2. The van der Waals surface area contributed by atoms with Crippen LogP contribution in [-0.4, -0.2) is 18.0 Å². The van der Waals surface area contributed by atoms with Crippen LogP contribution in [0.1, 0.15) is 19.4 Å². The Balaban J connectivity index is 2.51. The molecule has 1 rings (SSSR count). The van der Waals surface area contributed by atoms with E-state index in [1.165, 1.54) is 0 Å². The minimum Gasteiger partial charge on any atom is -0.350 e. The Morgan fingerprint density at radius 1 is 1.33 bits per heavy atom. The molecule has 1 aromatic rings. The molecular formula is C12H18N2O. The highest BCUT2D eigenvalue weighted by Gasteiger charge is 2.17. The van der Waals surface area contributed by atoms with Crippen LogP contribution < -0.4 is 11.1 Å². The summed E-state index contributed by atoms with van der Waals surface area (Å²) in [5.74, 6) is 0.0108. The number of benzene rings is 1. The van der Waals surface area contributed by atoms with Crippen molar-refractivity contribution in [2.45, 2.75) is 25.8 Å². The molecule has 0 unspecified atom stereocenters. The fraction of sp³-hybridized carbons (Fsp3) is 0.417. The van der Waals surface area contributed by atoms with Crippen molar-refractivity contribution in [1.29, 1.82) is 0 Å². The van der Waals surface area contributed by atoms with Gasteiger partial charge in [-0.1, -0.05) is 30.3 Å². The lowest BCUT2D eigenvalue weighted by Crippen LogP contribution is -2.49. The van der Waals surface area contributed by atoms with Crippen LogP contribution in [0, 0.1) is 0 Å². The van der Waals surface area contributed by atoms with Gasteiger partial charge in [-0.15, -0.1) is 0 Å². The molecule has 3 nitrogen and oxygen atoms in total. The maximum Gasteiger partial charge on any atom is 0.224 e. The van der Waals surface area contributed by atoms with Crippen LogP contribution in [0.5, 0.6) is 0 Å².